The van der Waals surface area contributed by atoms with Gasteiger partial charge >= 0.3 is 0 Å². The number of likely N-dealkylation sites (N-methyl/N-ethyl adjacent to an activating group) is 1. The van der Waals surface area contributed by atoms with Crippen molar-refractivity contribution in [1.82, 2.24) is 5.32 Å². The van der Waals surface area contributed by atoms with Crippen molar-refractivity contribution in [3.8, 4) is 0 Å². The Hall–Kier alpha value is 0.330. The lowest BCUT2D eigenvalue weighted by molar-refractivity contribution is -0.109. The first-order valence-electron chi connectivity index (χ1n) is 3.16. The van der Waals surface area contributed by atoms with Gasteiger partial charge in [0.15, 0.2) is 0 Å². The van der Waals surface area contributed by atoms with Crippen LogP contribution in [-0.2, 0) is 4.79 Å². The van der Waals surface area contributed by atoms with E-state index >= 15 is 0 Å². The van der Waals surface area contributed by atoms with Crippen molar-refractivity contribution < 1.29 is 4.79 Å². The number of thioether (sulfide) groups is 1. The molecule has 10 heavy (non-hydrogen) atoms. The summed E-state index contributed by atoms with van der Waals surface area (Å²) >= 11 is 5.79. The highest BCUT2D eigenvalue weighted by atomic mass is 32.2. The fraction of sp³-hybridized carbons (Fsp3) is 0.833. The lowest BCUT2D eigenvalue weighted by Gasteiger charge is -2.06. The monoisotopic (exact) mass is 179 g/mol. The van der Waals surface area contributed by atoms with Gasteiger partial charge in [0.05, 0.1) is 6.04 Å². The quantitative estimate of drug-likeness (QED) is 0.352. The van der Waals surface area contributed by atoms with E-state index in [2.05, 4.69) is 17.9 Å². The van der Waals surface area contributed by atoms with E-state index in [-0.39, 0.29) is 6.04 Å². The third-order valence-corrected chi connectivity index (χ3v) is 2.68. The molecule has 0 aromatic heterocycles. The number of hydrogen-bond acceptors (Lipinski definition) is 4. The van der Waals surface area contributed by atoms with E-state index < -0.39 is 0 Å². The Morgan fingerprint density at radius 1 is 1.80 bits per heavy atom. The molecule has 0 saturated heterocycles. The average Bonchev–Trinajstić information content (AvgIpc) is 1.99. The molecule has 2 nitrogen and oxygen atoms in total. The molecule has 0 unspecified atom stereocenters. The summed E-state index contributed by atoms with van der Waals surface area (Å²) in [6.07, 6.45) is 0.936. The SMILES string of the molecule is CN[C@H](C=O)CSCCS. The topological polar surface area (TPSA) is 29.1 Å². The number of aldehydes is 1. The Kier molecular flexibility index (Phi) is 7.68. The van der Waals surface area contributed by atoms with Gasteiger partial charge in [-0.1, -0.05) is 0 Å². The van der Waals surface area contributed by atoms with Gasteiger partial charge < -0.3 is 10.1 Å². The van der Waals surface area contributed by atoms with E-state index in [9.17, 15) is 4.79 Å². The van der Waals surface area contributed by atoms with Crippen LogP contribution in [0, 0.1) is 0 Å². The van der Waals surface area contributed by atoms with Gasteiger partial charge in [0.1, 0.15) is 6.29 Å². The third kappa shape index (κ3) is 5.14. The summed E-state index contributed by atoms with van der Waals surface area (Å²) in [6, 6.07) is 0.00452. The summed E-state index contributed by atoms with van der Waals surface area (Å²) in [5.74, 6) is 2.73. The standard InChI is InChI=1S/C6H13NOS2/c1-7-6(4-8)5-10-3-2-9/h4,6-7,9H,2-3,5H2,1H3/t6-/m1/s1. The van der Waals surface area contributed by atoms with E-state index in [0.717, 1.165) is 23.5 Å². The molecule has 0 aliphatic rings. The molecule has 0 amide bonds. The molecule has 1 N–H and O–H groups in total. The smallest absolute Gasteiger partial charge is 0.137 e. The Bertz CT molecular complexity index is 89.8. The molecule has 1 atom stereocenters. The molecule has 0 rings (SSSR count). The zero-order valence-electron chi connectivity index (χ0n) is 6.04. The minimum Gasteiger partial charge on any atom is -0.310 e. The normalized spacial score (nSPS) is 13.0. The van der Waals surface area contributed by atoms with Gasteiger partial charge in [-0.3, -0.25) is 0 Å². The molecule has 0 heterocycles. The highest BCUT2D eigenvalue weighted by molar-refractivity contribution is 8.00. The molecular weight excluding hydrogens is 166 g/mol. The molecule has 0 spiro atoms. The van der Waals surface area contributed by atoms with Crippen LogP contribution in [0.3, 0.4) is 0 Å². The minimum atomic E-state index is 0.00452. The Morgan fingerprint density at radius 3 is 2.90 bits per heavy atom. The highest BCUT2D eigenvalue weighted by Crippen LogP contribution is 2.01. The number of thiol groups is 1. The summed E-state index contributed by atoms with van der Waals surface area (Å²) in [4.78, 5) is 10.2. The molecule has 4 heteroatoms. The average molecular weight is 179 g/mol. The first kappa shape index (κ1) is 10.3. The zero-order valence-corrected chi connectivity index (χ0v) is 7.75. The van der Waals surface area contributed by atoms with Crippen LogP contribution in [0.25, 0.3) is 0 Å². The zero-order chi connectivity index (χ0) is 7.82. The molecule has 60 valence electrons. The highest BCUT2D eigenvalue weighted by Gasteiger charge is 2.01. The predicted molar refractivity (Wildman–Crippen MR) is 50.1 cm³/mol. The Labute approximate surface area is 71.6 Å². The molecule has 0 aliphatic carbocycles. The third-order valence-electron chi connectivity index (χ3n) is 1.07. The summed E-state index contributed by atoms with van der Waals surface area (Å²) in [7, 11) is 1.79. The fourth-order valence-corrected chi connectivity index (χ4v) is 1.65. The van der Waals surface area contributed by atoms with Gasteiger partial charge in [-0.25, -0.2) is 0 Å². The largest absolute Gasteiger partial charge is 0.310 e. The maximum Gasteiger partial charge on any atom is 0.137 e. The molecule has 0 aromatic rings. The summed E-state index contributed by atoms with van der Waals surface area (Å²) < 4.78 is 0. The van der Waals surface area contributed by atoms with E-state index in [4.69, 9.17) is 0 Å². The van der Waals surface area contributed by atoms with Crippen LogP contribution in [-0.4, -0.2) is 36.6 Å². The molecule has 0 aromatic carbocycles. The van der Waals surface area contributed by atoms with Gasteiger partial charge in [-0.15, -0.1) is 0 Å². The van der Waals surface area contributed by atoms with Crippen LogP contribution in [0.15, 0.2) is 0 Å². The number of nitrogens with one attached hydrogen (secondary N) is 1. The van der Waals surface area contributed by atoms with Crippen molar-refractivity contribution in [2.75, 3.05) is 24.3 Å². The molecule has 0 bridgehead atoms. The van der Waals surface area contributed by atoms with Crippen molar-refractivity contribution in [1.29, 1.82) is 0 Å². The van der Waals surface area contributed by atoms with Gasteiger partial charge in [-0.05, 0) is 12.8 Å². The van der Waals surface area contributed by atoms with Gasteiger partial charge in [0.25, 0.3) is 0 Å². The Balaban J connectivity index is 3.17. The summed E-state index contributed by atoms with van der Waals surface area (Å²) in [5, 5.41) is 2.90. The van der Waals surface area contributed by atoms with Crippen molar-refractivity contribution in [2.24, 2.45) is 0 Å². The van der Waals surface area contributed by atoms with Crippen LogP contribution in [0.2, 0.25) is 0 Å². The second-order valence-electron chi connectivity index (χ2n) is 1.83. The van der Waals surface area contributed by atoms with E-state index in [0.29, 0.717) is 0 Å². The maximum atomic E-state index is 10.2. The summed E-state index contributed by atoms with van der Waals surface area (Å²) in [5.41, 5.74) is 0. The van der Waals surface area contributed by atoms with Crippen molar-refractivity contribution in [2.45, 2.75) is 6.04 Å². The number of rotatable bonds is 6. The second-order valence-corrected chi connectivity index (χ2v) is 3.43. The first-order valence-corrected chi connectivity index (χ1v) is 4.95. The van der Waals surface area contributed by atoms with Crippen molar-refractivity contribution in [3.05, 3.63) is 0 Å². The van der Waals surface area contributed by atoms with E-state index in [1.54, 1.807) is 18.8 Å². The lowest BCUT2D eigenvalue weighted by atomic mass is 10.4. The van der Waals surface area contributed by atoms with Gasteiger partial charge in [0, 0.05) is 11.5 Å². The summed E-state index contributed by atoms with van der Waals surface area (Å²) in [6.45, 7) is 0. The number of hydrogen-bond donors (Lipinski definition) is 2. The predicted octanol–water partition coefficient (Wildman–Crippen LogP) is 0.436. The second kappa shape index (κ2) is 7.44. The van der Waals surface area contributed by atoms with Crippen molar-refractivity contribution >= 4 is 30.7 Å². The van der Waals surface area contributed by atoms with E-state index in [1.165, 1.54) is 0 Å². The van der Waals surface area contributed by atoms with Crippen LogP contribution < -0.4 is 5.32 Å². The molecular formula is C6H13NOS2. The molecule has 0 aliphatic heterocycles. The lowest BCUT2D eigenvalue weighted by Crippen LogP contribution is -2.29. The fourth-order valence-electron chi connectivity index (χ4n) is 0.466. The van der Waals surface area contributed by atoms with Crippen LogP contribution in [0.4, 0.5) is 0 Å². The first-order chi connectivity index (χ1) is 4.85. The molecule has 0 radical (unpaired) electrons. The number of carbonyl (C=O) groups excluding carboxylic acids is 1. The molecule has 0 fully saturated rings. The van der Waals surface area contributed by atoms with Crippen molar-refractivity contribution in [3.63, 3.8) is 0 Å². The van der Waals surface area contributed by atoms with E-state index in [1.807, 2.05) is 0 Å². The van der Waals surface area contributed by atoms with Crippen LogP contribution in [0.1, 0.15) is 0 Å². The molecule has 0 saturated carbocycles. The van der Waals surface area contributed by atoms with Gasteiger partial charge in [-0.2, -0.15) is 24.4 Å². The van der Waals surface area contributed by atoms with Crippen LogP contribution >= 0.6 is 24.4 Å². The maximum absolute atomic E-state index is 10.2. The minimum absolute atomic E-state index is 0.00452. The van der Waals surface area contributed by atoms with Gasteiger partial charge in [0.2, 0.25) is 0 Å². The number of carbonyl (C=O) groups is 1. The Morgan fingerprint density at radius 2 is 2.50 bits per heavy atom. The van der Waals surface area contributed by atoms with Crippen LogP contribution in [0.5, 0.6) is 0 Å².